The number of aromatic nitrogens is 3. The third kappa shape index (κ3) is 11.5. The molecule has 68 heavy (non-hydrogen) atoms. The van der Waals surface area contributed by atoms with E-state index in [1.54, 1.807) is 35.4 Å². The number of likely N-dealkylation sites (tertiary alicyclic amines) is 1. The summed E-state index contributed by atoms with van der Waals surface area (Å²) in [5.74, 6) is -4.31. The highest BCUT2D eigenvalue weighted by molar-refractivity contribution is 7.92. The van der Waals surface area contributed by atoms with Gasteiger partial charge in [0.05, 0.1) is 57.1 Å². The summed E-state index contributed by atoms with van der Waals surface area (Å²) in [6.07, 6.45) is 4.02. The zero-order valence-corrected chi connectivity index (χ0v) is 40.5. The predicted octanol–water partition coefficient (Wildman–Crippen LogP) is 5.76. The molecule has 3 aromatic heterocycles. The Labute approximate surface area is 399 Å². The smallest absolute Gasteiger partial charge is 0.243 e. The Hall–Kier alpha value is -5.83. The summed E-state index contributed by atoms with van der Waals surface area (Å²) < 4.78 is 57.3. The normalized spacial score (nSPS) is 17.1. The number of nitrogens with one attached hydrogen (secondary N) is 4. The van der Waals surface area contributed by atoms with Gasteiger partial charge in [0.15, 0.2) is 5.82 Å². The molecule has 5 aromatic rings. The first-order valence-corrected chi connectivity index (χ1v) is 25.4. The summed E-state index contributed by atoms with van der Waals surface area (Å²) in [6, 6.07) is 9.93. The number of thiazole rings is 1. The van der Waals surface area contributed by atoms with E-state index < -0.39 is 62.3 Å². The Balaban J connectivity index is 0.883. The highest BCUT2D eigenvalue weighted by Gasteiger charge is 2.44. The van der Waals surface area contributed by atoms with E-state index in [0.29, 0.717) is 68.7 Å². The minimum absolute atomic E-state index is 0.00535. The second-order valence-electron chi connectivity index (χ2n) is 18.5. The fraction of sp³-hybridized carbons (Fsp3) is 0.458. The number of pyridine rings is 1. The number of sulfonamides is 1. The number of halogens is 2. The van der Waals surface area contributed by atoms with Gasteiger partial charge in [-0.25, -0.2) is 27.2 Å². The molecular formula is C48H59F2N9O7S2. The summed E-state index contributed by atoms with van der Waals surface area (Å²) in [4.78, 5) is 72.5. The molecule has 2 aromatic carbocycles. The van der Waals surface area contributed by atoms with E-state index in [2.05, 4.69) is 30.3 Å². The molecular weight excluding hydrogens is 917 g/mol. The van der Waals surface area contributed by atoms with Crippen LogP contribution in [0.4, 0.5) is 20.2 Å². The highest BCUT2D eigenvalue weighted by Crippen LogP contribution is 2.31. The largest absolute Gasteiger partial charge is 0.391 e. The molecule has 0 unspecified atom stereocenters. The summed E-state index contributed by atoms with van der Waals surface area (Å²) in [5, 5.41) is 17.3. The first-order chi connectivity index (χ1) is 32.3. The molecule has 7 rings (SSSR count). The molecule has 0 bridgehead atoms. The van der Waals surface area contributed by atoms with Gasteiger partial charge in [-0.1, -0.05) is 52.0 Å². The number of aliphatic hydroxyl groups is 1. The summed E-state index contributed by atoms with van der Waals surface area (Å²) in [7, 11) is -3.92. The second-order valence-corrected chi connectivity index (χ2v) is 21.2. The van der Waals surface area contributed by atoms with Crippen LogP contribution in [0.5, 0.6) is 0 Å². The molecule has 2 aliphatic rings. The molecule has 0 radical (unpaired) electrons. The van der Waals surface area contributed by atoms with Gasteiger partial charge in [-0.05, 0) is 67.5 Å². The lowest BCUT2D eigenvalue weighted by Crippen LogP contribution is -2.56. The Bertz CT molecular complexity index is 2750. The number of piperazine rings is 1. The van der Waals surface area contributed by atoms with Crippen LogP contribution in [0.2, 0.25) is 0 Å². The van der Waals surface area contributed by atoms with E-state index >= 15 is 8.78 Å². The number of nitrogens with zero attached hydrogens (tertiary/aromatic N) is 5. The lowest BCUT2D eigenvalue weighted by molar-refractivity contribution is -0.142. The van der Waals surface area contributed by atoms with Crippen molar-refractivity contribution in [1.82, 2.24) is 35.4 Å². The molecule has 0 saturated carbocycles. The molecule has 2 saturated heterocycles. The minimum atomic E-state index is -3.92. The van der Waals surface area contributed by atoms with Crippen LogP contribution < -0.4 is 20.3 Å². The quantitative estimate of drug-likeness (QED) is 0.0527. The number of hydrogen-bond acceptors (Lipinski definition) is 12. The van der Waals surface area contributed by atoms with Gasteiger partial charge in [0.1, 0.15) is 17.5 Å². The van der Waals surface area contributed by atoms with Crippen molar-refractivity contribution < 1.29 is 41.5 Å². The molecule has 0 spiro atoms. The van der Waals surface area contributed by atoms with Gasteiger partial charge in [-0.3, -0.25) is 23.9 Å². The van der Waals surface area contributed by atoms with Crippen molar-refractivity contribution >= 4 is 67.3 Å². The van der Waals surface area contributed by atoms with Crippen molar-refractivity contribution in [3.8, 4) is 10.4 Å². The van der Waals surface area contributed by atoms with Gasteiger partial charge >= 0.3 is 0 Å². The van der Waals surface area contributed by atoms with Crippen LogP contribution in [0.1, 0.15) is 87.0 Å². The Morgan fingerprint density at radius 1 is 1.01 bits per heavy atom. The third-order valence-electron chi connectivity index (χ3n) is 12.4. The molecule has 5 heterocycles. The van der Waals surface area contributed by atoms with Crippen molar-refractivity contribution in [2.45, 2.75) is 91.5 Å². The second kappa shape index (κ2) is 21.2. The molecule has 364 valence electrons. The Morgan fingerprint density at radius 3 is 2.43 bits per heavy atom. The number of unbranched alkanes of at least 4 members (excludes halogenated alkanes) is 1. The topological polar surface area (TPSA) is 210 Å². The van der Waals surface area contributed by atoms with Crippen molar-refractivity contribution in [3.63, 3.8) is 0 Å². The fourth-order valence-electron chi connectivity index (χ4n) is 8.73. The molecule has 2 aliphatic heterocycles. The van der Waals surface area contributed by atoms with Crippen LogP contribution in [-0.4, -0.2) is 125 Å². The number of anilines is 2. The first-order valence-electron chi connectivity index (χ1n) is 22.9. The van der Waals surface area contributed by atoms with E-state index in [9.17, 15) is 32.7 Å². The number of benzene rings is 2. The van der Waals surface area contributed by atoms with Crippen LogP contribution in [0.25, 0.3) is 21.5 Å². The van der Waals surface area contributed by atoms with Crippen molar-refractivity contribution in [2.24, 2.45) is 5.41 Å². The molecule has 3 amide bonds. The molecule has 5 N–H and O–H groups in total. The molecule has 20 heteroatoms. The summed E-state index contributed by atoms with van der Waals surface area (Å²) >= 11 is 1.57. The zero-order valence-electron chi connectivity index (χ0n) is 38.9. The van der Waals surface area contributed by atoms with Crippen LogP contribution >= 0.6 is 11.3 Å². The average molecular weight is 976 g/mol. The standard InChI is InChI=1S/C48H59F2N9O7S2/c1-6-21-68(65,66)56-37-15-14-36(49)40(41(37)50)42(62)35-26-53-45-34(35)22-32(25-52-45)57-17-19-58(20-18-57)39(61)9-7-8-16-51-44(48(3,4)5)47(64)59-27-33(60)23-38(59)46(63)54-24-30-10-12-31(13-11-30)43-29(2)55-28-67-43/h10-15,22,25-26,28,33,38,44,51,56,60H,6-9,16-21,23-24,27H2,1-5H3,(H,52,53)(H,54,63)/t33-,38+,44-/m1/s1. The van der Waals surface area contributed by atoms with E-state index in [-0.39, 0.29) is 55.0 Å². The molecule has 16 nitrogen and oxygen atoms in total. The van der Waals surface area contributed by atoms with Crippen molar-refractivity contribution in [1.29, 1.82) is 0 Å². The van der Waals surface area contributed by atoms with E-state index in [4.69, 9.17) is 0 Å². The van der Waals surface area contributed by atoms with Gasteiger partial charge in [0, 0.05) is 69.3 Å². The SMILES string of the molecule is CCCS(=O)(=O)Nc1ccc(F)c(C(=O)c2c[nH]c3ncc(N4CCN(C(=O)CCCCN[C@H](C(=O)N5C[C@H](O)C[C@H]5C(=O)NCc5ccc(-c6scnc6C)cc5)C(C)(C)C)CC4)cc23)c1F. The van der Waals surface area contributed by atoms with Crippen molar-refractivity contribution in [3.05, 3.63) is 94.4 Å². The fourth-order valence-corrected chi connectivity index (χ4v) is 10.7. The minimum Gasteiger partial charge on any atom is -0.391 e. The molecule has 0 aliphatic carbocycles. The maximum absolute atomic E-state index is 15.5. The predicted molar refractivity (Wildman–Crippen MR) is 258 cm³/mol. The number of H-pyrrole nitrogens is 1. The number of carbonyl (C=O) groups is 4. The van der Waals surface area contributed by atoms with E-state index in [1.807, 2.05) is 62.4 Å². The van der Waals surface area contributed by atoms with Crippen LogP contribution in [-0.2, 0) is 31.0 Å². The van der Waals surface area contributed by atoms with Gasteiger partial charge in [-0.15, -0.1) is 11.3 Å². The molecule has 2 fully saturated rings. The number of aryl methyl sites for hydroxylation is 1. The van der Waals surface area contributed by atoms with Gasteiger partial charge in [0.25, 0.3) is 0 Å². The molecule has 3 atom stereocenters. The Morgan fingerprint density at radius 2 is 1.75 bits per heavy atom. The number of aromatic amines is 1. The van der Waals surface area contributed by atoms with Crippen LogP contribution in [0.3, 0.4) is 0 Å². The van der Waals surface area contributed by atoms with Gasteiger partial charge in [-0.2, -0.15) is 0 Å². The lowest BCUT2D eigenvalue weighted by atomic mass is 9.85. The summed E-state index contributed by atoms with van der Waals surface area (Å²) in [6.45, 7) is 12.0. The third-order valence-corrected chi connectivity index (χ3v) is 14.8. The number of amides is 3. The monoisotopic (exact) mass is 975 g/mol. The number of hydrogen-bond donors (Lipinski definition) is 5. The van der Waals surface area contributed by atoms with Crippen molar-refractivity contribution in [2.75, 3.05) is 54.6 Å². The van der Waals surface area contributed by atoms with E-state index in [1.165, 1.54) is 11.1 Å². The average Bonchev–Trinajstić information content (AvgIpc) is 4.05. The number of fused-ring (bicyclic) bond motifs is 1. The lowest BCUT2D eigenvalue weighted by Gasteiger charge is -2.36. The number of carbonyl (C=O) groups excluding carboxylic acids is 4. The Kier molecular flexibility index (Phi) is 15.6. The maximum Gasteiger partial charge on any atom is 0.243 e. The number of β-amino-alcohol motifs (C(OH)–C–C–N with tert-alkyl or cyclic N) is 1. The number of ketones is 1. The maximum atomic E-state index is 15.5. The first kappa shape index (κ1) is 50.1. The van der Waals surface area contributed by atoms with Crippen LogP contribution in [0.15, 0.2) is 60.4 Å². The number of rotatable bonds is 18. The van der Waals surface area contributed by atoms with Gasteiger partial charge in [0.2, 0.25) is 33.5 Å². The highest BCUT2D eigenvalue weighted by atomic mass is 32.2. The zero-order chi connectivity index (χ0) is 48.9. The van der Waals surface area contributed by atoms with Crippen LogP contribution in [0, 0.1) is 24.0 Å². The van der Waals surface area contributed by atoms with Gasteiger partial charge < -0.3 is 35.4 Å². The summed E-state index contributed by atoms with van der Waals surface area (Å²) in [5.41, 5.74) is 3.72. The number of aliphatic hydroxyl groups excluding tert-OH is 1. The van der Waals surface area contributed by atoms with E-state index in [0.717, 1.165) is 33.8 Å².